The first kappa shape index (κ1) is 31.6. The second kappa shape index (κ2) is 11.9. The molecule has 204 valence electrons. The summed E-state index contributed by atoms with van der Waals surface area (Å²) in [6, 6.07) is 8.43. The summed E-state index contributed by atoms with van der Waals surface area (Å²) in [5.74, 6) is -1.45. The van der Waals surface area contributed by atoms with Gasteiger partial charge in [0.2, 0.25) is 8.03 Å². The van der Waals surface area contributed by atoms with Crippen LogP contribution in [0.4, 0.5) is 0 Å². The van der Waals surface area contributed by atoms with Gasteiger partial charge in [0.15, 0.2) is 17.4 Å². The molecule has 4 aliphatic carbocycles. The molecule has 0 saturated heterocycles. The molecule has 0 aromatic heterocycles. The van der Waals surface area contributed by atoms with E-state index in [1.807, 2.05) is 13.0 Å². The van der Waals surface area contributed by atoms with Gasteiger partial charge in [0, 0.05) is 16.7 Å². The van der Waals surface area contributed by atoms with E-state index < -0.39 is 43.4 Å². The fourth-order valence-electron chi connectivity index (χ4n) is 7.70. The normalized spacial score (nSPS) is 38.7. The predicted molar refractivity (Wildman–Crippen MR) is 145 cm³/mol. The van der Waals surface area contributed by atoms with Crippen molar-refractivity contribution in [2.45, 2.75) is 63.5 Å². The number of allylic oxidation sites excluding steroid dienone is 4. The molecule has 38 heavy (non-hydrogen) atoms. The Morgan fingerprint density at radius 3 is 2.45 bits per heavy atom. The fourth-order valence-corrected chi connectivity index (χ4v) is 8.17. The molecule has 1 aromatic rings. The monoisotopic (exact) mass is 556 g/mol. The van der Waals surface area contributed by atoms with Crippen molar-refractivity contribution in [3.05, 3.63) is 59.7 Å². The topological polar surface area (TPSA) is 152 Å². The molecular weight excluding hydrogens is 518 g/mol. The van der Waals surface area contributed by atoms with Crippen molar-refractivity contribution in [2.24, 2.45) is 28.6 Å². The summed E-state index contributed by atoms with van der Waals surface area (Å²) in [6.07, 6.45) is 7.68. The minimum absolute atomic E-state index is 0. The van der Waals surface area contributed by atoms with Gasteiger partial charge >= 0.3 is 29.6 Å². The summed E-state index contributed by atoms with van der Waals surface area (Å²) < 4.78 is 10.4. The third kappa shape index (κ3) is 5.25. The first-order valence-electron chi connectivity index (χ1n) is 12.8. The first-order valence-corrected chi connectivity index (χ1v) is 14.3. The SMILES string of the molecule is C[C@]12C=CC(=O)C=C1CC[C@@H]1[C@@H]2[C@@H](O)C[C@@]2(C)[C@H]1CC[C@]2(O)C(=O)CO.O=[PH](O)C(O)c1ccccc1.[NaH]. The molecular formula is C28H38NaO8P. The van der Waals surface area contributed by atoms with Crippen molar-refractivity contribution >= 4 is 49.2 Å². The molecule has 1 aromatic carbocycles. The molecule has 9 atom stereocenters. The van der Waals surface area contributed by atoms with E-state index in [9.17, 15) is 29.5 Å². The van der Waals surface area contributed by atoms with Gasteiger partial charge in [0.1, 0.15) is 12.2 Å². The summed E-state index contributed by atoms with van der Waals surface area (Å²) in [4.78, 5) is 32.7. The van der Waals surface area contributed by atoms with Crippen LogP contribution in [-0.4, -0.2) is 84.8 Å². The van der Waals surface area contributed by atoms with E-state index >= 15 is 0 Å². The zero-order chi connectivity index (χ0) is 27.2. The maximum absolute atomic E-state index is 12.4. The van der Waals surface area contributed by atoms with Gasteiger partial charge in [-0.25, -0.2) is 0 Å². The quantitative estimate of drug-likeness (QED) is 0.279. The molecule has 0 bridgehead atoms. The molecule has 0 amide bonds. The Labute approximate surface area is 246 Å². The Hall–Kier alpha value is -0.930. The van der Waals surface area contributed by atoms with Crippen LogP contribution in [0.2, 0.25) is 0 Å². The fraction of sp³-hybridized carbons (Fsp3) is 0.571. The van der Waals surface area contributed by atoms with E-state index in [4.69, 9.17) is 10.00 Å². The molecule has 8 nitrogen and oxygen atoms in total. The minimum atomic E-state index is -2.86. The molecule has 0 aliphatic heterocycles. The van der Waals surface area contributed by atoms with Crippen molar-refractivity contribution < 1.29 is 39.5 Å². The Balaban J connectivity index is 0.000000282. The number of rotatable bonds is 4. The number of Topliss-reactive ketones (excluding diaryl/α,β-unsaturated/α-hetero) is 1. The zero-order valence-electron chi connectivity index (χ0n) is 21.2. The van der Waals surface area contributed by atoms with Crippen molar-refractivity contribution in [3.8, 4) is 0 Å². The van der Waals surface area contributed by atoms with Crippen molar-refractivity contribution in [1.29, 1.82) is 0 Å². The van der Waals surface area contributed by atoms with Crippen LogP contribution in [0.5, 0.6) is 0 Å². The van der Waals surface area contributed by atoms with Gasteiger partial charge in [-0.05, 0) is 61.7 Å². The van der Waals surface area contributed by atoms with Gasteiger partial charge in [0.25, 0.3) is 0 Å². The molecule has 10 heteroatoms. The second-order valence-electron chi connectivity index (χ2n) is 11.3. The summed E-state index contributed by atoms with van der Waals surface area (Å²) >= 11 is 0. The van der Waals surface area contributed by atoms with E-state index in [0.717, 1.165) is 24.8 Å². The van der Waals surface area contributed by atoms with Crippen molar-refractivity contribution in [1.82, 2.24) is 0 Å². The Morgan fingerprint density at radius 1 is 1.18 bits per heavy atom. The van der Waals surface area contributed by atoms with Crippen LogP contribution in [-0.2, 0) is 14.2 Å². The first-order chi connectivity index (χ1) is 17.4. The number of fused-ring (bicyclic) bond motifs is 5. The van der Waals surface area contributed by atoms with Crippen LogP contribution in [0, 0.1) is 28.6 Å². The number of hydrogen-bond acceptors (Lipinski definition) is 7. The van der Waals surface area contributed by atoms with Crippen LogP contribution >= 0.6 is 8.03 Å². The Morgan fingerprint density at radius 2 is 1.84 bits per heavy atom. The second-order valence-corrected chi connectivity index (χ2v) is 12.6. The van der Waals surface area contributed by atoms with Gasteiger partial charge in [-0.2, -0.15) is 0 Å². The molecule has 2 unspecified atom stereocenters. The Bertz CT molecular complexity index is 1140. The summed E-state index contributed by atoms with van der Waals surface area (Å²) in [6.45, 7) is 3.34. The Kier molecular flexibility index (Phi) is 9.89. The van der Waals surface area contributed by atoms with Gasteiger partial charge in [-0.15, -0.1) is 0 Å². The van der Waals surface area contributed by atoms with Gasteiger partial charge in [-0.3, -0.25) is 14.2 Å². The van der Waals surface area contributed by atoms with E-state index in [1.54, 1.807) is 42.5 Å². The van der Waals surface area contributed by atoms with Gasteiger partial charge in [-0.1, -0.05) is 55.8 Å². The standard InChI is InChI=1S/C21H28O5.C7H9O3P.Na.H/c1-19-7-5-13(23)9-12(19)3-4-14-15-6-8-21(26,17(25)11-22)20(15,2)10-16(24)18(14)19;8-7(11(9)10)6-4-2-1-3-5-6;;/h5,7,9,14-16,18,22,24,26H,3-4,6,8,10-11H2,1-2H3;1-5,7-8,11H,(H,9,10);;/t14-,15-,16-,18+,19-,20-,21-;;;/m0.../s1. The van der Waals surface area contributed by atoms with Crippen molar-refractivity contribution in [3.63, 3.8) is 0 Å². The van der Waals surface area contributed by atoms with E-state index in [0.29, 0.717) is 18.4 Å². The number of aliphatic hydroxyl groups excluding tert-OH is 3. The molecule has 0 heterocycles. The number of benzene rings is 1. The maximum atomic E-state index is 12.4. The average Bonchev–Trinajstić information content (AvgIpc) is 3.15. The number of ketones is 2. The zero-order valence-corrected chi connectivity index (χ0v) is 22.2. The van der Waals surface area contributed by atoms with E-state index in [-0.39, 0.29) is 58.5 Å². The molecule has 5 rings (SSSR count). The molecule has 5 N–H and O–H groups in total. The summed E-state index contributed by atoms with van der Waals surface area (Å²) in [5, 5.41) is 40.7. The van der Waals surface area contributed by atoms with E-state index in [2.05, 4.69) is 6.92 Å². The molecule has 0 spiro atoms. The molecule has 3 fully saturated rings. The predicted octanol–water partition coefficient (Wildman–Crippen LogP) is 2.05. The van der Waals surface area contributed by atoms with Crippen molar-refractivity contribution in [2.75, 3.05) is 6.61 Å². The molecule has 4 aliphatic rings. The number of hydrogen-bond donors (Lipinski definition) is 5. The van der Waals surface area contributed by atoms with Crippen LogP contribution < -0.4 is 0 Å². The van der Waals surface area contributed by atoms with Crippen LogP contribution in [0.15, 0.2) is 54.1 Å². The summed E-state index contributed by atoms with van der Waals surface area (Å²) in [5.41, 5.74) is -1.06. The third-order valence-corrected chi connectivity index (χ3v) is 10.4. The van der Waals surface area contributed by atoms with Crippen LogP contribution in [0.1, 0.15) is 57.4 Å². The number of carbonyl (C=O) groups is 2. The van der Waals surface area contributed by atoms with Crippen LogP contribution in [0.25, 0.3) is 0 Å². The molecule has 3 saturated carbocycles. The average molecular weight is 557 g/mol. The van der Waals surface area contributed by atoms with Gasteiger partial charge in [0.05, 0.1) is 6.10 Å². The summed E-state index contributed by atoms with van der Waals surface area (Å²) in [7, 11) is -2.86. The third-order valence-electron chi connectivity index (χ3n) is 9.60. The molecule has 0 radical (unpaired) electrons. The van der Waals surface area contributed by atoms with Crippen LogP contribution in [0.3, 0.4) is 0 Å². The van der Waals surface area contributed by atoms with E-state index in [1.165, 1.54) is 0 Å². The van der Waals surface area contributed by atoms with Gasteiger partial charge < -0.3 is 25.3 Å². The number of carbonyl (C=O) groups excluding carboxylic acids is 2. The number of aliphatic hydroxyl groups is 4.